The fourth-order valence-electron chi connectivity index (χ4n) is 3.03. The predicted molar refractivity (Wildman–Crippen MR) is 104 cm³/mol. The first-order chi connectivity index (χ1) is 12.7. The number of likely N-dealkylation sites (N-methyl/N-ethyl adjacent to an activating group) is 1. The van der Waals surface area contributed by atoms with E-state index in [0.717, 1.165) is 49.7 Å². The fourth-order valence-corrected chi connectivity index (χ4v) is 3.24. The summed E-state index contributed by atoms with van der Waals surface area (Å²) in [4.78, 5) is 25.2. The minimum absolute atomic E-state index is 0.0268. The molecule has 0 spiro atoms. The second kappa shape index (κ2) is 8.96. The van der Waals surface area contributed by atoms with E-state index < -0.39 is 0 Å². The molecule has 1 saturated heterocycles. The molecular formula is C19H24ClN5O. The third kappa shape index (κ3) is 4.93. The summed E-state index contributed by atoms with van der Waals surface area (Å²) in [6, 6.07) is 9.53. The fraction of sp³-hybridized carbons (Fsp3) is 0.421. The number of amides is 1. The average Bonchev–Trinajstić information content (AvgIpc) is 2.68. The Bertz CT molecular complexity index is 746. The molecule has 1 aliphatic heterocycles. The quantitative estimate of drug-likeness (QED) is 0.843. The van der Waals surface area contributed by atoms with Crippen LogP contribution in [-0.4, -0.2) is 64.9 Å². The van der Waals surface area contributed by atoms with Gasteiger partial charge in [-0.1, -0.05) is 30.7 Å². The zero-order valence-electron chi connectivity index (χ0n) is 15.0. The molecule has 1 aliphatic rings. The Kier molecular flexibility index (Phi) is 6.41. The summed E-state index contributed by atoms with van der Waals surface area (Å²) in [5.74, 6) is 0.638. The molecule has 0 unspecified atom stereocenters. The molecule has 1 fully saturated rings. The maximum Gasteiger partial charge on any atom is 0.272 e. The lowest BCUT2D eigenvalue weighted by Crippen LogP contribution is -2.48. The van der Waals surface area contributed by atoms with E-state index in [1.165, 1.54) is 6.33 Å². The van der Waals surface area contributed by atoms with Gasteiger partial charge in [0.15, 0.2) is 0 Å². The molecule has 3 rings (SSSR count). The number of nitrogens with one attached hydrogen (secondary N) is 1. The van der Waals surface area contributed by atoms with Crippen molar-refractivity contribution in [2.24, 2.45) is 0 Å². The molecule has 7 heteroatoms. The van der Waals surface area contributed by atoms with E-state index in [1.807, 2.05) is 29.2 Å². The second-order valence-electron chi connectivity index (χ2n) is 6.32. The minimum Gasteiger partial charge on any atom is -0.370 e. The molecule has 1 amide bonds. The van der Waals surface area contributed by atoms with Crippen LogP contribution >= 0.6 is 11.6 Å². The highest BCUT2D eigenvalue weighted by atomic mass is 35.5. The number of hydrogen-bond acceptors (Lipinski definition) is 5. The Morgan fingerprint density at radius 3 is 2.73 bits per heavy atom. The summed E-state index contributed by atoms with van der Waals surface area (Å²) in [6.07, 6.45) is 2.27. The maximum absolute atomic E-state index is 12.7. The molecule has 6 nitrogen and oxygen atoms in total. The standard InChI is InChI=1S/C19H24ClN5O/c1-2-24-8-10-25(11-9-24)19(26)17-13-18(23-14-22-17)21-7-6-15-4-3-5-16(20)12-15/h3-5,12-14H,2,6-11H2,1H3,(H,21,22,23). The van der Waals surface area contributed by atoms with Crippen molar-refractivity contribution in [2.45, 2.75) is 13.3 Å². The molecule has 26 heavy (non-hydrogen) atoms. The Labute approximate surface area is 159 Å². The first kappa shape index (κ1) is 18.6. The molecule has 2 heterocycles. The highest BCUT2D eigenvalue weighted by molar-refractivity contribution is 6.30. The van der Waals surface area contributed by atoms with Crippen LogP contribution in [0.2, 0.25) is 5.02 Å². The average molecular weight is 374 g/mol. The van der Waals surface area contributed by atoms with Gasteiger partial charge in [-0.2, -0.15) is 0 Å². The van der Waals surface area contributed by atoms with Gasteiger partial charge < -0.3 is 15.1 Å². The van der Waals surface area contributed by atoms with E-state index in [-0.39, 0.29) is 5.91 Å². The Hall–Kier alpha value is -2.18. The maximum atomic E-state index is 12.7. The third-order valence-corrected chi connectivity index (χ3v) is 4.84. The number of benzene rings is 1. The first-order valence-corrected chi connectivity index (χ1v) is 9.35. The Morgan fingerprint density at radius 1 is 1.19 bits per heavy atom. The molecule has 1 aromatic carbocycles. The van der Waals surface area contributed by atoms with Gasteiger partial charge in [0.25, 0.3) is 5.91 Å². The van der Waals surface area contributed by atoms with Crippen molar-refractivity contribution >= 4 is 23.3 Å². The topological polar surface area (TPSA) is 61.4 Å². The van der Waals surface area contributed by atoms with Crippen LogP contribution < -0.4 is 5.32 Å². The first-order valence-electron chi connectivity index (χ1n) is 8.97. The summed E-state index contributed by atoms with van der Waals surface area (Å²) in [5.41, 5.74) is 1.60. The van der Waals surface area contributed by atoms with E-state index in [2.05, 4.69) is 27.1 Å². The number of nitrogens with zero attached hydrogens (tertiary/aromatic N) is 4. The third-order valence-electron chi connectivity index (χ3n) is 4.60. The van der Waals surface area contributed by atoms with Crippen molar-refractivity contribution in [1.29, 1.82) is 0 Å². The van der Waals surface area contributed by atoms with Crippen molar-refractivity contribution < 1.29 is 4.79 Å². The van der Waals surface area contributed by atoms with Crippen LogP contribution in [0.15, 0.2) is 36.7 Å². The molecule has 138 valence electrons. The van der Waals surface area contributed by atoms with Crippen molar-refractivity contribution in [3.8, 4) is 0 Å². The van der Waals surface area contributed by atoms with E-state index in [1.54, 1.807) is 6.07 Å². The number of anilines is 1. The zero-order chi connectivity index (χ0) is 18.4. The Morgan fingerprint density at radius 2 is 2.00 bits per heavy atom. The molecule has 1 aromatic heterocycles. The van der Waals surface area contributed by atoms with Gasteiger partial charge in [0, 0.05) is 43.8 Å². The number of carbonyl (C=O) groups excluding carboxylic acids is 1. The highest BCUT2D eigenvalue weighted by Gasteiger charge is 2.22. The Balaban J connectivity index is 1.55. The van der Waals surface area contributed by atoms with Gasteiger partial charge in [0.05, 0.1) is 0 Å². The number of carbonyl (C=O) groups is 1. The molecular weight excluding hydrogens is 350 g/mol. The SMILES string of the molecule is CCN1CCN(C(=O)c2cc(NCCc3cccc(Cl)c3)ncn2)CC1. The van der Waals surface area contributed by atoms with Gasteiger partial charge in [-0.05, 0) is 30.7 Å². The summed E-state index contributed by atoms with van der Waals surface area (Å²) < 4.78 is 0. The zero-order valence-corrected chi connectivity index (χ0v) is 15.7. The lowest BCUT2D eigenvalue weighted by atomic mass is 10.1. The number of piperazine rings is 1. The predicted octanol–water partition coefficient (Wildman–Crippen LogP) is 2.56. The number of aromatic nitrogens is 2. The number of halogens is 1. The molecule has 2 aromatic rings. The van der Waals surface area contributed by atoms with Crippen LogP contribution in [0.3, 0.4) is 0 Å². The van der Waals surface area contributed by atoms with Crippen LogP contribution in [0.25, 0.3) is 0 Å². The van der Waals surface area contributed by atoms with Crippen LogP contribution in [0.4, 0.5) is 5.82 Å². The molecule has 0 aliphatic carbocycles. The van der Waals surface area contributed by atoms with E-state index >= 15 is 0 Å². The number of rotatable bonds is 6. The van der Waals surface area contributed by atoms with Gasteiger partial charge >= 0.3 is 0 Å². The lowest BCUT2D eigenvalue weighted by molar-refractivity contribution is 0.0637. The van der Waals surface area contributed by atoms with Crippen molar-refractivity contribution in [3.05, 3.63) is 52.9 Å². The number of hydrogen-bond donors (Lipinski definition) is 1. The monoisotopic (exact) mass is 373 g/mol. The van der Waals surface area contributed by atoms with Gasteiger partial charge in [0.1, 0.15) is 17.8 Å². The van der Waals surface area contributed by atoms with Crippen molar-refractivity contribution in [1.82, 2.24) is 19.8 Å². The summed E-state index contributed by atoms with van der Waals surface area (Å²) >= 11 is 6.00. The minimum atomic E-state index is -0.0268. The lowest BCUT2D eigenvalue weighted by Gasteiger charge is -2.33. The van der Waals surface area contributed by atoms with Crippen LogP contribution in [0.5, 0.6) is 0 Å². The van der Waals surface area contributed by atoms with Crippen molar-refractivity contribution in [2.75, 3.05) is 44.6 Å². The molecule has 0 atom stereocenters. The highest BCUT2D eigenvalue weighted by Crippen LogP contribution is 2.12. The van der Waals surface area contributed by atoms with E-state index in [9.17, 15) is 4.79 Å². The molecule has 0 saturated carbocycles. The van der Waals surface area contributed by atoms with Crippen LogP contribution in [0, 0.1) is 0 Å². The van der Waals surface area contributed by atoms with Gasteiger partial charge in [-0.3, -0.25) is 4.79 Å². The van der Waals surface area contributed by atoms with Gasteiger partial charge in [0.2, 0.25) is 0 Å². The largest absolute Gasteiger partial charge is 0.370 e. The van der Waals surface area contributed by atoms with Crippen molar-refractivity contribution in [3.63, 3.8) is 0 Å². The van der Waals surface area contributed by atoms with Crippen LogP contribution in [0.1, 0.15) is 23.0 Å². The molecule has 1 N–H and O–H groups in total. The van der Waals surface area contributed by atoms with E-state index in [4.69, 9.17) is 11.6 Å². The molecule has 0 bridgehead atoms. The van der Waals surface area contributed by atoms with Gasteiger partial charge in [-0.25, -0.2) is 9.97 Å². The van der Waals surface area contributed by atoms with E-state index in [0.29, 0.717) is 18.1 Å². The summed E-state index contributed by atoms with van der Waals surface area (Å²) in [5, 5.41) is 3.99. The van der Waals surface area contributed by atoms with Crippen LogP contribution in [-0.2, 0) is 6.42 Å². The summed E-state index contributed by atoms with van der Waals surface area (Å²) in [6.45, 7) is 7.19. The second-order valence-corrected chi connectivity index (χ2v) is 6.76. The van der Waals surface area contributed by atoms with Gasteiger partial charge in [-0.15, -0.1) is 0 Å². The smallest absolute Gasteiger partial charge is 0.272 e. The normalized spacial score (nSPS) is 15.1. The molecule has 0 radical (unpaired) electrons. The summed E-state index contributed by atoms with van der Waals surface area (Å²) in [7, 11) is 0.